The zero-order valence-electron chi connectivity index (χ0n) is 21.2. The molecule has 0 aromatic heterocycles. The van der Waals surface area contributed by atoms with E-state index in [2.05, 4.69) is 57.8 Å². The maximum atomic E-state index is 12.6. The predicted octanol–water partition coefficient (Wildman–Crippen LogP) is 7.61. The number of benzene rings is 1. The van der Waals surface area contributed by atoms with Gasteiger partial charge < -0.3 is 9.84 Å². The van der Waals surface area contributed by atoms with E-state index in [1.54, 1.807) is 0 Å². The highest BCUT2D eigenvalue weighted by molar-refractivity contribution is 6.01. The molecule has 32 heavy (non-hydrogen) atoms. The summed E-state index contributed by atoms with van der Waals surface area (Å²) in [6.07, 6.45) is 15.5. The van der Waals surface area contributed by atoms with Crippen molar-refractivity contribution in [2.45, 2.75) is 92.3 Å². The lowest BCUT2D eigenvalue weighted by Crippen LogP contribution is -2.11. The van der Waals surface area contributed by atoms with Gasteiger partial charge in [0, 0.05) is 19.0 Å². The molecular weight excluding hydrogens is 401 g/mol. The molecule has 1 aliphatic rings. The van der Waals surface area contributed by atoms with Gasteiger partial charge in [-0.15, -0.1) is 0 Å². The first-order valence-corrected chi connectivity index (χ1v) is 11.8. The summed E-state index contributed by atoms with van der Waals surface area (Å²) in [6.45, 7) is 12.8. The Morgan fingerprint density at radius 1 is 1.16 bits per heavy atom. The Balaban J connectivity index is 0.000000559. The Hall–Kier alpha value is -2.04. The minimum Gasteiger partial charge on any atom is -0.400 e. The quantitative estimate of drug-likeness (QED) is 0.330. The number of aliphatic imine (C=N–C) groups is 1. The zero-order valence-corrected chi connectivity index (χ0v) is 21.2. The molecular formula is C28H44FNO2. The SMILES string of the molecule is CC1CCC(Cc2ccc(F)cc2)O1.CO.C\C=C/C(C(/C)=N/C=C/CC)=C(/C)CCC. The summed E-state index contributed by atoms with van der Waals surface area (Å²) in [4.78, 5) is 4.46. The first-order chi connectivity index (χ1) is 15.4. The van der Waals surface area contributed by atoms with Crippen molar-refractivity contribution in [3.8, 4) is 0 Å². The Kier molecular flexibility index (Phi) is 17.3. The van der Waals surface area contributed by atoms with Crippen molar-refractivity contribution >= 4 is 5.71 Å². The third-order valence-corrected chi connectivity index (χ3v) is 5.11. The molecule has 1 aliphatic heterocycles. The lowest BCUT2D eigenvalue weighted by Gasteiger charge is -2.10. The van der Waals surface area contributed by atoms with Gasteiger partial charge in [-0.05, 0) is 83.1 Å². The maximum Gasteiger partial charge on any atom is 0.123 e. The van der Waals surface area contributed by atoms with Gasteiger partial charge in [0.2, 0.25) is 0 Å². The highest BCUT2D eigenvalue weighted by Crippen LogP contribution is 2.22. The van der Waals surface area contributed by atoms with Crippen LogP contribution in [0.2, 0.25) is 0 Å². The van der Waals surface area contributed by atoms with E-state index in [1.165, 1.54) is 29.7 Å². The lowest BCUT2D eigenvalue weighted by molar-refractivity contribution is 0.0564. The molecule has 0 radical (unpaired) electrons. The van der Waals surface area contributed by atoms with Crippen molar-refractivity contribution in [2.24, 2.45) is 4.99 Å². The van der Waals surface area contributed by atoms with Crippen LogP contribution in [0, 0.1) is 5.82 Å². The molecule has 180 valence electrons. The molecule has 1 aromatic carbocycles. The third kappa shape index (κ3) is 12.7. The number of halogens is 1. The average molecular weight is 446 g/mol. The summed E-state index contributed by atoms with van der Waals surface area (Å²) in [6, 6.07) is 6.69. The Labute approximate surface area is 195 Å². The largest absolute Gasteiger partial charge is 0.400 e. The molecule has 0 saturated carbocycles. The molecule has 4 heteroatoms. The van der Waals surface area contributed by atoms with Crippen LogP contribution in [-0.4, -0.2) is 30.1 Å². The monoisotopic (exact) mass is 445 g/mol. The van der Waals surface area contributed by atoms with Crippen LogP contribution in [0.1, 0.15) is 79.2 Å². The minimum atomic E-state index is -0.172. The van der Waals surface area contributed by atoms with E-state index >= 15 is 0 Å². The first kappa shape index (κ1) is 30.0. The highest BCUT2D eigenvalue weighted by Gasteiger charge is 2.21. The minimum absolute atomic E-state index is 0.172. The molecule has 0 aliphatic carbocycles. The van der Waals surface area contributed by atoms with Crippen LogP contribution >= 0.6 is 0 Å². The van der Waals surface area contributed by atoms with E-state index in [9.17, 15) is 4.39 Å². The van der Waals surface area contributed by atoms with Crippen LogP contribution in [0.3, 0.4) is 0 Å². The van der Waals surface area contributed by atoms with Gasteiger partial charge in [-0.25, -0.2) is 4.39 Å². The Morgan fingerprint density at radius 2 is 1.81 bits per heavy atom. The fourth-order valence-electron chi connectivity index (χ4n) is 3.51. The van der Waals surface area contributed by atoms with Gasteiger partial charge in [-0.1, -0.05) is 56.2 Å². The molecule has 2 unspecified atom stereocenters. The van der Waals surface area contributed by atoms with E-state index in [1.807, 2.05) is 25.3 Å². The van der Waals surface area contributed by atoms with E-state index < -0.39 is 0 Å². The second kappa shape index (κ2) is 18.5. The normalized spacial score (nSPS) is 19.3. The van der Waals surface area contributed by atoms with E-state index in [4.69, 9.17) is 9.84 Å². The van der Waals surface area contributed by atoms with Crippen LogP contribution in [0.5, 0.6) is 0 Å². The predicted molar refractivity (Wildman–Crippen MR) is 137 cm³/mol. The zero-order chi connectivity index (χ0) is 24.4. The number of aliphatic hydroxyl groups excluding tert-OH is 1. The summed E-state index contributed by atoms with van der Waals surface area (Å²) in [5, 5.41) is 7.00. The second-order valence-corrected chi connectivity index (χ2v) is 7.93. The van der Waals surface area contributed by atoms with E-state index in [0.29, 0.717) is 12.2 Å². The number of hydrogen-bond acceptors (Lipinski definition) is 3. The van der Waals surface area contributed by atoms with Gasteiger partial charge in [0.15, 0.2) is 0 Å². The van der Waals surface area contributed by atoms with Crippen molar-refractivity contribution in [3.05, 3.63) is 71.2 Å². The topological polar surface area (TPSA) is 41.8 Å². The van der Waals surface area contributed by atoms with Crippen LogP contribution in [-0.2, 0) is 11.2 Å². The highest BCUT2D eigenvalue weighted by atomic mass is 19.1. The fourth-order valence-corrected chi connectivity index (χ4v) is 3.51. The van der Waals surface area contributed by atoms with E-state index in [-0.39, 0.29) is 5.82 Å². The van der Waals surface area contributed by atoms with Crippen molar-refractivity contribution in [3.63, 3.8) is 0 Å². The van der Waals surface area contributed by atoms with Crippen molar-refractivity contribution in [1.82, 2.24) is 0 Å². The number of rotatable bonds is 8. The number of hydrogen-bond donors (Lipinski definition) is 1. The number of allylic oxidation sites excluding steroid dienone is 5. The molecule has 0 bridgehead atoms. The van der Waals surface area contributed by atoms with Gasteiger partial charge >= 0.3 is 0 Å². The van der Waals surface area contributed by atoms with Crippen LogP contribution in [0.4, 0.5) is 4.39 Å². The molecule has 1 N–H and O–H groups in total. The van der Waals surface area contributed by atoms with Crippen LogP contribution in [0.15, 0.2) is 64.8 Å². The average Bonchev–Trinajstić information content (AvgIpc) is 3.20. The standard InChI is InChI=1S/C15H25N.C12H15FO.CH4O/c1-6-9-12-16-14(5)15(11-8-3)13(4)10-7-2;1-9-2-7-12(14-9)8-10-3-5-11(13)6-4-10;1-2/h8-9,11-12H,6-7,10H2,1-5H3;3-6,9,12H,2,7-8H2,1H3;2H,1H3/b11-8-,12-9+,15-13+,16-14+;;. The van der Waals surface area contributed by atoms with Crippen molar-refractivity contribution in [2.75, 3.05) is 7.11 Å². The summed E-state index contributed by atoms with van der Waals surface area (Å²) < 4.78 is 18.3. The van der Waals surface area contributed by atoms with Gasteiger partial charge in [0.25, 0.3) is 0 Å². The Morgan fingerprint density at radius 3 is 2.31 bits per heavy atom. The van der Waals surface area contributed by atoms with Gasteiger partial charge in [-0.3, -0.25) is 4.99 Å². The number of nitrogens with zero attached hydrogens (tertiary/aromatic N) is 1. The third-order valence-electron chi connectivity index (χ3n) is 5.11. The molecule has 2 atom stereocenters. The fraction of sp³-hybridized carbons (Fsp3) is 0.536. The maximum absolute atomic E-state index is 12.6. The Bertz CT molecular complexity index is 732. The molecule has 0 amide bonds. The molecule has 1 saturated heterocycles. The van der Waals surface area contributed by atoms with Crippen molar-refractivity contribution in [1.29, 1.82) is 0 Å². The smallest absolute Gasteiger partial charge is 0.123 e. The van der Waals surface area contributed by atoms with Crippen LogP contribution in [0.25, 0.3) is 0 Å². The molecule has 3 nitrogen and oxygen atoms in total. The summed E-state index contributed by atoms with van der Waals surface area (Å²) in [5.41, 5.74) is 4.97. The van der Waals surface area contributed by atoms with E-state index in [0.717, 1.165) is 50.5 Å². The summed E-state index contributed by atoms with van der Waals surface area (Å²) in [5.74, 6) is -0.172. The molecule has 1 heterocycles. The molecule has 1 aromatic rings. The number of aliphatic hydroxyl groups is 1. The molecule has 0 spiro atoms. The summed E-state index contributed by atoms with van der Waals surface area (Å²) in [7, 11) is 1.00. The van der Waals surface area contributed by atoms with Crippen LogP contribution < -0.4 is 0 Å². The lowest BCUT2D eigenvalue weighted by atomic mass is 10.0. The first-order valence-electron chi connectivity index (χ1n) is 11.8. The van der Waals surface area contributed by atoms with Crippen molar-refractivity contribution < 1.29 is 14.2 Å². The molecule has 1 fully saturated rings. The van der Waals surface area contributed by atoms with Gasteiger partial charge in [-0.2, -0.15) is 0 Å². The van der Waals surface area contributed by atoms with Gasteiger partial charge in [0.1, 0.15) is 5.82 Å². The molecule has 2 rings (SSSR count). The number of ether oxygens (including phenoxy) is 1. The second-order valence-electron chi connectivity index (χ2n) is 7.93. The van der Waals surface area contributed by atoms with Gasteiger partial charge in [0.05, 0.1) is 12.2 Å². The summed E-state index contributed by atoms with van der Waals surface area (Å²) >= 11 is 0.